The molecule has 2 heterocycles. The van der Waals surface area contributed by atoms with Gasteiger partial charge in [0.25, 0.3) is 0 Å². The Kier molecular flexibility index (Phi) is 5.57. The molecule has 154 valence electrons. The summed E-state index contributed by atoms with van der Waals surface area (Å²) in [5, 5.41) is 0. The molecule has 1 aromatic heterocycles. The molecule has 0 aliphatic carbocycles. The molecule has 1 aliphatic heterocycles. The Morgan fingerprint density at radius 3 is 1.97 bits per heavy atom. The van der Waals surface area contributed by atoms with E-state index < -0.39 is 28.8 Å². The van der Waals surface area contributed by atoms with E-state index in [9.17, 15) is 17.6 Å². The summed E-state index contributed by atoms with van der Waals surface area (Å²) in [6.07, 6.45) is 1.39. The van der Waals surface area contributed by atoms with Gasteiger partial charge in [-0.25, -0.2) is 17.6 Å². The van der Waals surface area contributed by atoms with Crippen molar-refractivity contribution in [2.45, 2.75) is 54.4 Å². The van der Waals surface area contributed by atoms with Gasteiger partial charge < -0.3 is 4.98 Å². The molecule has 29 heavy (non-hydrogen) atoms. The van der Waals surface area contributed by atoms with Crippen LogP contribution in [0.4, 0.5) is 17.6 Å². The van der Waals surface area contributed by atoms with Gasteiger partial charge in [0.05, 0.1) is 17.0 Å². The fourth-order valence-electron chi connectivity index (χ4n) is 4.22. The summed E-state index contributed by atoms with van der Waals surface area (Å²) in [5.41, 5.74) is 5.09. The summed E-state index contributed by atoms with van der Waals surface area (Å²) < 4.78 is 57.9. The number of H-pyrrole nitrogens is 1. The van der Waals surface area contributed by atoms with Gasteiger partial charge in [0.1, 0.15) is 0 Å². The zero-order chi connectivity index (χ0) is 21.6. The Bertz CT molecular complexity index is 1070. The highest BCUT2D eigenvalue weighted by atomic mass is 19.2. The van der Waals surface area contributed by atoms with Gasteiger partial charge in [0.2, 0.25) is 0 Å². The molecule has 0 bridgehead atoms. The highest BCUT2D eigenvalue weighted by Gasteiger charge is 2.31. The third-order valence-electron chi connectivity index (χ3n) is 5.67. The van der Waals surface area contributed by atoms with Gasteiger partial charge in [-0.1, -0.05) is 13.8 Å². The van der Waals surface area contributed by atoms with Crippen LogP contribution in [0.25, 0.3) is 5.57 Å². The van der Waals surface area contributed by atoms with Gasteiger partial charge in [-0.3, -0.25) is 4.99 Å². The summed E-state index contributed by atoms with van der Waals surface area (Å²) >= 11 is 0. The maximum atomic E-state index is 14.9. The number of allylic oxidation sites excluding steroid dienone is 2. The lowest BCUT2D eigenvalue weighted by Gasteiger charge is -2.15. The zero-order valence-corrected chi connectivity index (χ0v) is 17.5. The molecule has 0 spiro atoms. The summed E-state index contributed by atoms with van der Waals surface area (Å²) in [4.78, 5) is 7.72. The van der Waals surface area contributed by atoms with Crippen LogP contribution in [0.2, 0.25) is 0 Å². The Morgan fingerprint density at radius 2 is 1.52 bits per heavy atom. The molecule has 0 amide bonds. The lowest BCUT2D eigenvalue weighted by Crippen LogP contribution is -2.06. The molecular weight excluding hydrogens is 380 g/mol. The van der Waals surface area contributed by atoms with Crippen LogP contribution < -0.4 is 0 Å². The first-order chi connectivity index (χ1) is 13.6. The number of halogens is 4. The van der Waals surface area contributed by atoms with Crippen LogP contribution >= 0.6 is 0 Å². The molecule has 0 fully saturated rings. The van der Waals surface area contributed by atoms with Gasteiger partial charge in [0, 0.05) is 23.0 Å². The van der Waals surface area contributed by atoms with Crippen molar-refractivity contribution < 1.29 is 17.6 Å². The number of aliphatic imine (C=N–C) groups is 1. The van der Waals surface area contributed by atoms with Crippen LogP contribution in [-0.2, 0) is 6.42 Å². The molecular formula is C23H24F4N2. The van der Waals surface area contributed by atoms with Crippen molar-refractivity contribution in [1.82, 2.24) is 4.98 Å². The first-order valence-electron chi connectivity index (χ1n) is 9.65. The SMILES string of the molecule is CCC1=C(C)/C(=C(/c2[nH]c(C)c(CC)c2C)c2c(F)c(F)cc(F)c2F)N=C1C. The normalized spacial score (nSPS) is 16.0. The lowest BCUT2D eigenvalue weighted by molar-refractivity contribution is 0.450. The highest BCUT2D eigenvalue weighted by Crippen LogP contribution is 2.41. The number of rotatable bonds is 4. The van der Waals surface area contributed by atoms with E-state index in [0.29, 0.717) is 24.2 Å². The minimum Gasteiger partial charge on any atom is -0.358 e. The van der Waals surface area contributed by atoms with Crippen molar-refractivity contribution in [3.05, 3.63) is 74.3 Å². The van der Waals surface area contributed by atoms with E-state index in [-0.39, 0.29) is 11.6 Å². The average Bonchev–Trinajstić information content (AvgIpc) is 3.11. The molecule has 1 aromatic carbocycles. The van der Waals surface area contributed by atoms with Crippen molar-refractivity contribution in [2.24, 2.45) is 4.99 Å². The number of aromatic amines is 1. The molecule has 0 radical (unpaired) electrons. The number of hydrogen-bond acceptors (Lipinski definition) is 1. The largest absolute Gasteiger partial charge is 0.358 e. The minimum absolute atomic E-state index is 0.0407. The molecule has 0 saturated heterocycles. The fourth-order valence-corrected chi connectivity index (χ4v) is 4.22. The monoisotopic (exact) mass is 404 g/mol. The van der Waals surface area contributed by atoms with E-state index in [1.807, 2.05) is 41.5 Å². The summed E-state index contributed by atoms with van der Waals surface area (Å²) in [6.45, 7) is 11.3. The van der Waals surface area contributed by atoms with Crippen molar-refractivity contribution in [2.75, 3.05) is 0 Å². The quantitative estimate of drug-likeness (QED) is 0.433. The van der Waals surface area contributed by atoms with Crippen molar-refractivity contribution in [1.29, 1.82) is 0 Å². The topological polar surface area (TPSA) is 28.1 Å². The third-order valence-corrected chi connectivity index (χ3v) is 5.67. The second-order valence-corrected chi connectivity index (χ2v) is 7.30. The Balaban J connectivity index is 2.52. The summed E-state index contributed by atoms with van der Waals surface area (Å²) in [6, 6.07) is 0.226. The number of aromatic nitrogens is 1. The van der Waals surface area contributed by atoms with Crippen molar-refractivity contribution >= 4 is 11.3 Å². The van der Waals surface area contributed by atoms with Gasteiger partial charge in [-0.05, 0) is 62.8 Å². The number of benzene rings is 1. The smallest absolute Gasteiger partial charge is 0.169 e. The maximum Gasteiger partial charge on any atom is 0.169 e. The van der Waals surface area contributed by atoms with Gasteiger partial charge in [-0.15, -0.1) is 0 Å². The molecule has 1 aliphatic rings. The Hall–Kier alpha value is -2.63. The number of aryl methyl sites for hydroxylation is 1. The number of nitrogens with one attached hydrogen (secondary N) is 1. The van der Waals surface area contributed by atoms with Gasteiger partial charge >= 0.3 is 0 Å². The molecule has 0 unspecified atom stereocenters. The molecule has 0 atom stereocenters. The van der Waals surface area contributed by atoms with Crippen LogP contribution in [0.1, 0.15) is 62.2 Å². The van der Waals surface area contributed by atoms with Gasteiger partial charge in [0.15, 0.2) is 23.3 Å². The highest BCUT2D eigenvalue weighted by molar-refractivity contribution is 6.05. The molecule has 1 N–H and O–H groups in total. The second kappa shape index (κ2) is 7.65. The second-order valence-electron chi connectivity index (χ2n) is 7.30. The Labute approximate surface area is 168 Å². The molecule has 6 heteroatoms. The fraction of sp³-hybridized carbons (Fsp3) is 0.348. The van der Waals surface area contributed by atoms with Gasteiger partial charge in [-0.2, -0.15) is 0 Å². The maximum absolute atomic E-state index is 14.9. The van der Waals surface area contributed by atoms with Crippen LogP contribution in [0, 0.1) is 37.1 Å². The summed E-state index contributed by atoms with van der Waals surface area (Å²) in [7, 11) is 0. The van der Waals surface area contributed by atoms with E-state index in [4.69, 9.17) is 0 Å². The van der Waals surface area contributed by atoms with Crippen LogP contribution in [0.5, 0.6) is 0 Å². The minimum atomic E-state index is -1.44. The Morgan fingerprint density at radius 1 is 0.931 bits per heavy atom. The van der Waals surface area contributed by atoms with Crippen LogP contribution in [-0.4, -0.2) is 10.7 Å². The molecule has 3 rings (SSSR count). The lowest BCUT2D eigenvalue weighted by atomic mass is 9.92. The predicted molar refractivity (Wildman–Crippen MR) is 108 cm³/mol. The summed E-state index contributed by atoms with van der Waals surface area (Å²) in [5.74, 6) is -5.74. The first-order valence-corrected chi connectivity index (χ1v) is 9.65. The van der Waals surface area contributed by atoms with E-state index in [0.717, 1.165) is 33.7 Å². The van der Waals surface area contributed by atoms with E-state index >= 15 is 0 Å². The molecule has 2 nitrogen and oxygen atoms in total. The molecule has 0 saturated carbocycles. The zero-order valence-electron chi connectivity index (χ0n) is 17.5. The number of hydrogen-bond donors (Lipinski definition) is 1. The van der Waals surface area contributed by atoms with E-state index in [1.54, 1.807) is 0 Å². The van der Waals surface area contributed by atoms with Crippen LogP contribution in [0.3, 0.4) is 0 Å². The predicted octanol–water partition coefficient (Wildman–Crippen LogP) is 6.71. The molecule has 2 aromatic rings. The standard InChI is InChI=1S/C23H24F4N2/c1-7-14-10(3)22(28-12(14)5)19(23-11(4)15(8-2)13(6)29-23)18-20(26)16(24)9-17(25)21(18)27/h9,28H,7-8H2,1-6H3/b23-19-. The first kappa shape index (κ1) is 21.1. The van der Waals surface area contributed by atoms with E-state index in [2.05, 4.69) is 9.98 Å². The van der Waals surface area contributed by atoms with Crippen LogP contribution in [0.15, 0.2) is 27.9 Å². The number of nitrogens with zero attached hydrogens (tertiary/aromatic N) is 1. The van der Waals surface area contributed by atoms with E-state index in [1.165, 1.54) is 0 Å². The average molecular weight is 404 g/mol. The van der Waals surface area contributed by atoms with Crippen molar-refractivity contribution in [3.63, 3.8) is 0 Å². The van der Waals surface area contributed by atoms with Crippen molar-refractivity contribution in [3.8, 4) is 0 Å². The third kappa shape index (κ3) is 3.24.